The van der Waals surface area contributed by atoms with E-state index >= 15 is 0 Å². The highest BCUT2D eigenvalue weighted by Gasteiger charge is 2.20. The van der Waals surface area contributed by atoms with Crippen LogP contribution in [-0.2, 0) is 39.0 Å². The highest BCUT2D eigenvalue weighted by molar-refractivity contribution is 5.83. The molecule has 11 rings (SSSR count). The van der Waals surface area contributed by atoms with Crippen molar-refractivity contribution in [3.63, 3.8) is 0 Å². The lowest BCUT2D eigenvalue weighted by atomic mass is 9.86. The van der Waals surface area contributed by atoms with Crippen LogP contribution in [0.1, 0.15) is 217 Å². The fraction of sp³-hybridized carbons (Fsp3) is 0.438. The molecule has 1 aliphatic rings. The normalized spacial score (nSPS) is 12.7. The zero-order chi connectivity index (χ0) is 66.3. The molecule has 0 spiro atoms. The third kappa shape index (κ3) is 23.4. The summed E-state index contributed by atoms with van der Waals surface area (Å²) >= 11 is 0. The summed E-state index contributed by atoms with van der Waals surface area (Å²) in [6, 6.07) is 41.0. The molecule has 4 aromatic carbocycles. The third-order valence-electron chi connectivity index (χ3n) is 15.2. The number of imidazole rings is 2. The topological polar surface area (TPSA) is 115 Å². The number of aromatic amines is 3. The van der Waals surface area contributed by atoms with Gasteiger partial charge in [-0.05, 0) is 148 Å². The minimum absolute atomic E-state index is 0.0502. The molecule has 0 bridgehead atoms. The van der Waals surface area contributed by atoms with Crippen LogP contribution in [-0.4, -0.2) is 57.9 Å². The first-order valence-electron chi connectivity index (χ1n) is 32.0. The van der Waals surface area contributed by atoms with Gasteiger partial charge in [0, 0.05) is 78.6 Å². The van der Waals surface area contributed by atoms with Crippen molar-refractivity contribution in [1.29, 1.82) is 0 Å². The van der Waals surface area contributed by atoms with Crippen LogP contribution in [0.25, 0.3) is 33.1 Å². The maximum Gasteiger partial charge on any atom is 0.177 e. The van der Waals surface area contributed by atoms with Gasteiger partial charge in [0.05, 0.1) is 16.6 Å². The Balaban J connectivity index is 0.000000190. The standard InChI is InChI=1S/C15H21N.C12H15N.C11H15N3.C11H14N2.C11H16.2C10H15N/c1-15(2,3)14-8-6-7-13(11-14)12-16-9-4-5-10-16;1-12(2,3)10-6-4-5-9-7-8-13-11(9)10;1-7-5-8-9(12-6-7)14-10(13-8)11(2,3)4;1-7(2)11-12-9-5-4-8(3)6-10(9)13-11;1-9-6-5-7-10(8-9)11(2,3)4;1-8-5-9(7-11-6-8)10(2,3)4;1-8-5-6-11-9(7-8)10(2,3)4/h4-8,11H,9-10,12H2,1-3H3;4-8,13H,1-3H3;5-6H,1-4H3,(H,12,13,14);4-7H,1-3H3,(H,12,13);5-8H,1-4H3;2*5-7H,1-4H3. The van der Waals surface area contributed by atoms with Crippen LogP contribution in [0.15, 0.2) is 158 Å². The number of nitrogens with one attached hydrogen (secondary N) is 3. The van der Waals surface area contributed by atoms with Crippen molar-refractivity contribution in [3.8, 4) is 0 Å². The molecule has 9 heteroatoms. The first-order valence-corrected chi connectivity index (χ1v) is 32.0. The van der Waals surface area contributed by atoms with E-state index in [2.05, 4.69) is 332 Å². The van der Waals surface area contributed by atoms with E-state index in [0.29, 0.717) is 5.92 Å². The van der Waals surface area contributed by atoms with Gasteiger partial charge in [-0.2, -0.15) is 0 Å². The predicted octanol–water partition coefficient (Wildman–Crippen LogP) is 21.0. The molecule has 6 aromatic heterocycles. The van der Waals surface area contributed by atoms with Crippen molar-refractivity contribution >= 4 is 33.1 Å². The third-order valence-corrected chi connectivity index (χ3v) is 15.2. The van der Waals surface area contributed by atoms with Crippen molar-refractivity contribution in [3.05, 3.63) is 231 Å². The average Bonchev–Trinajstić information content (AvgIpc) is 2.22. The Morgan fingerprint density at radius 1 is 0.472 bits per heavy atom. The lowest BCUT2D eigenvalue weighted by Crippen LogP contribution is -2.19. The molecule has 0 fully saturated rings. The second kappa shape index (κ2) is 30.8. The van der Waals surface area contributed by atoms with E-state index in [4.69, 9.17) is 0 Å². The maximum atomic E-state index is 4.50. The zero-order valence-electron chi connectivity index (χ0n) is 59.4. The molecule has 0 radical (unpaired) electrons. The molecule has 0 aliphatic carbocycles. The molecule has 7 heterocycles. The van der Waals surface area contributed by atoms with Crippen molar-refractivity contribution in [2.45, 2.75) is 218 Å². The quantitative estimate of drug-likeness (QED) is 0.152. The van der Waals surface area contributed by atoms with Crippen LogP contribution in [0.5, 0.6) is 0 Å². The Morgan fingerprint density at radius 2 is 1.04 bits per heavy atom. The van der Waals surface area contributed by atoms with E-state index in [1.807, 2.05) is 44.0 Å². The van der Waals surface area contributed by atoms with Crippen molar-refractivity contribution in [1.82, 2.24) is 44.8 Å². The van der Waals surface area contributed by atoms with Gasteiger partial charge >= 0.3 is 0 Å². The minimum Gasteiger partial charge on any atom is -0.361 e. The number of aromatic nitrogens is 8. The van der Waals surface area contributed by atoms with Gasteiger partial charge in [-0.25, -0.2) is 15.0 Å². The molecule has 0 amide bonds. The minimum atomic E-state index is 0.0502. The highest BCUT2D eigenvalue weighted by atomic mass is 15.1. The van der Waals surface area contributed by atoms with E-state index in [1.54, 1.807) is 0 Å². The summed E-state index contributed by atoms with van der Waals surface area (Å²) in [7, 11) is 0. The van der Waals surface area contributed by atoms with Crippen molar-refractivity contribution in [2.24, 2.45) is 0 Å². The maximum absolute atomic E-state index is 4.50. The van der Waals surface area contributed by atoms with Crippen LogP contribution >= 0.6 is 0 Å². The van der Waals surface area contributed by atoms with Crippen LogP contribution in [0.3, 0.4) is 0 Å². The monoisotopic (exact) mass is 1200 g/mol. The molecule has 3 N–H and O–H groups in total. The van der Waals surface area contributed by atoms with E-state index in [0.717, 1.165) is 64.7 Å². The number of benzene rings is 4. The number of nitrogens with zero attached hydrogens (tertiary/aromatic N) is 6. The molecular formula is C80H111N9. The van der Waals surface area contributed by atoms with Gasteiger partial charge in [-0.15, -0.1) is 0 Å². The summed E-state index contributed by atoms with van der Waals surface area (Å²) in [4.78, 5) is 34.1. The van der Waals surface area contributed by atoms with E-state index in [1.165, 1.54) is 61.0 Å². The molecule has 0 saturated carbocycles. The lowest BCUT2D eigenvalue weighted by molar-refractivity contribution is 0.345. The molecule has 0 atom stereocenters. The number of hydrogen-bond acceptors (Lipinski definition) is 6. The molecule has 89 heavy (non-hydrogen) atoms. The number of para-hydroxylation sites is 1. The Morgan fingerprint density at radius 3 is 1.58 bits per heavy atom. The smallest absolute Gasteiger partial charge is 0.177 e. The fourth-order valence-electron chi connectivity index (χ4n) is 9.55. The summed E-state index contributed by atoms with van der Waals surface area (Å²) in [5.41, 5.74) is 20.9. The number of rotatable bonds is 3. The molecule has 476 valence electrons. The summed E-state index contributed by atoms with van der Waals surface area (Å²) in [5.74, 6) is 2.53. The number of hydrogen-bond donors (Lipinski definition) is 3. The second-order valence-electron chi connectivity index (χ2n) is 30.7. The van der Waals surface area contributed by atoms with Crippen molar-refractivity contribution < 1.29 is 0 Å². The molecule has 10 aromatic rings. The van der Waals surface area contributed by atoms with Gasteiger partial charge in [-0.1, -0.05) is 235 Å². The van der Waals surface area contributed by atoms with E-state index in [9.17, 15) is 0 Å². The number of H-pyrrole nitrogens is 3. The predicted molar refractivity (Wildman–Crippen MR) is 384 cm³/mol. The molecule has 9 nitrogen and oxygen atoms in total. The first-order chi connectivity index (χ1) is 41.3. The van der Waals surface area contributed by atoms with Gasteiger partial charge in [0.15, 0.2) is 5.65 Å². The van der Waals surface area contributed by atoms with Crippen molar-refractivity contribution in [2.75, 3.05) is 13.1 Å². The Labute approximate surface area is 537 Å². The zero-order valence-corrected chi connectivity index (χ0v) is 59.4. The molecule has 0 saturated heterocycles. The summed E-state index contributed by atoms with van der Waals surface area (Å²) in [6.45, 7) is 57.7. The van der Waals surface area contributed by atoms with Crippen LogP contribution in [0.2, 0.25) is 0 Å². The highest BCUT2D eigenvalue weighted by Crippen LogP contribution is 2.30. The molecule has 0 unspecified atom stereocenters. The number of aryl methyl sites for hydroxylation is 5. The average molecular weight is 1200 g/mol. The number of pyridine rings is 3. The van der Waals surface area contributed by atoms with Gasteiger partial charge in [0.2, 0.25) is 0 Å². The van der Waals surface area contributed by atoms with Gasteiger partial charge in [0.1, 0.15) is 11.6 Å². The van der Waals surface area contributed by atoms with E-state index in [-0.39, 0.29) is 32.5 Å². The van der Waals surface area contributed by atoms with Crippen LogP contribution in [0, 0.1) is 34.6 Å². The van der Waals surface area contributed by atoms with Gasteiger partial charge in [-0.3, -0.25) is 14.9 Å². The SMILES string of the molecule is CC(C)(C)c1cccc(CN2CC=CC2)c1.CC(C)(C)c1cccc2cc[nH]c12.Cc1ccc2nc(C(C)C)[nH]c2c1.Cc1cccc(C(C)(C)C)c1.Cc1ccnc(C(C)(C)C)c1.Cc1cnc2nc(C(C)(C)C)[nH]c2c1.Cc1cncc(C(C)(C)C)c1. The van der Waals surface area contributed by atoms with Gasteiger partial charge in [0.25, 0.3) is 0 Å². The first kappa shape index (κ1) is 72.3. The van der Waals surface area contributed by atoms with E-state index < -0.39 is 0 Å². The second-order valence-corrected chi connectivity index (χ2v) is 30.7. The Kier molecular flexibility index (Phi) is 25.0. The summed E-state index contributed by atoms with van der Waals surface area (Å²) in [6.07, 6.45) is 14.0. The number of fused-ring (bicyclic) bond motifs is 3. The summed E-state index contributed by atoms with van der Waals surface area (Å²) < 4.78 is 0. The molecular weight excluding hydrogens is 1090 g/mol. The molecule has 1 aliphatic heterocycles. The Bertz CT molecular complexity index is 3680. The summed E-state index contributed by atoms with van der Waals surface area (Å²) in [5, 5.41) is 1.30. The van der Waals surface area contributed by atoms with Gasteiger partial charge < -0.3 is 15.0 Å². The lowest BCUT2D eigenvalue weighted by Gasteiger charge is -2.21. The van der Waals surface area contributed by atoms with Crippen LogP contribution in [0.4, 0.5) is 0 Å². The van der Waals surface area contributed by atoms with Crippen LogP contribution < -0.4 is 0 Å². The Hall–Kier alpha value is -7.49. The fourth-order valence-corrected chi connectivity index (χ4v) is 9.55. The largest absolute Gasteiger partial charge is 0.361 e.